The van der Waals surface area contributed by atoms with Gasteiger partial charge >= 0.3 is 10.1 Å². The van der Waals surface area contributed by atoms with Crippen LogP contribution in [-0.4, -0.2) is 42.8 Å². The lowest BCUT2D eigenvalue weighted by atomic mass is 10.1. The van der Waals surface area contributed by atoms with E-state index in [1.807, 2.05) is 0 Å². The molecule has 0 aliphatic carbocycles. The maximum atomic E-state index is 13.2. The normalized spacial score (nSPS) is 12.8. The molecule has 16 heteroatoms. The minimum Gasteiger partial charge on any atom is -0.378 e. The Labute approximate surface area is 230 Å². The van der Waals surface area contributed by atoms with Gasteiger partial charge in [0.2, 0.25) is 0 Å². The number of hydrogen-bond donors (Lipinski definition) is 3. The van der Waals surface area contributed by atoms with E-state index in [0.717, 1.165) is 23.3 Å². The molecule has 12 nitrogen and oxygen atoms in total. The zero-order valence-corrected chi connectivity index (χ0v) is 23.9. The van der Waals surface area contributed by atoms with Crippen LogP contribution in [0.5, 0.6) is 5.75 Å². The van der Waals surface area contributed by atoms with E-state index < -0.39 is 67.0 Å². The standard InChI is InChI=1S/C24H21NO11S4/c1-15-3-7-18(8-4-15)37(26,27)25-22-13-20(38(28,29)30)11-17-12-21(39(31,32)33)14-23(24(17)22)36-40(34,35)19-9-5-16(2)6-10-19/h3-14,25H,1-2H3,(H,28,29,30)(H,31,32,33). The van der Waals surface area contributed by atoms with Gasteiger partial charge in [0.05, 0.1) is 20.4 Å². The Kier molecular flexibility index (Phi) is 7.46. The lowest BCUT2D eigenvalue weighted by Crippen LogP contribution is -2.15. The highest BCUT2D eigenvalue weighted by molar-refractivity contribution is 7.92. The Morgan fingerprint density at radius 3 is 1.52 bits per heavy atom. The van der Waals surface area contributed by atoms with E-state index in [0.29, 0.717) is 12.1 Å². The molecule has 0 aliphatic heterocycles. The highest BCUT2D eigenvalue weighted by Crippen LogP contribution is 2.39. The molecule has 212 valence electrons. The summed E-state index contributed by atoms with van der Waals surface area (Å²) in [6.45, 7) is 3.43. The third kappa shape index (κ3) is 6.27. The molecular weight excluding hydrogens is 607 g/mol. The van der Waals surface area contributed by atoms with E-state index >= 15 is 0 Å². The van der Waals surface area contributed by atoms with Gasteiger partial charge in [-0.15, -0.1) is 0 Å². The number of rotatable bonds is 8. The lowest BCUT2D eigenvalue weighted by Gasteiger charge is -2.17. The molecular formula is C24H21NO11S4. The van der Waals surface area contributed by atoms with Crippen molar-refractivity contribution in [2.24, 2.45) is 0 Å². The molecule has 0 saturated carbocycles. The Balaban J connectivity index is 2.04. The molecule has 4 aromatic carbocycles. The summed E-state index contributed by atoms with van der Waals surface area (Å²) in [7, 11) is -19.1. The van der Waals surface area contributed by atoms with Crippen molar-refractivity contribution >= 4 is 56.8 Å². The van der Waals surface area contributed by atoms with Crippen molar-refractivity contribution in [3.05, 3.63) is 83.9 Å². The van der Waals surface area contributed by atoms with Crippen LogP contribution in [0.25, 0.3) is 10.8 Å². The van der Waals surface area contributed by atoms with Gasteiger partial charge in [0, 0.05) is 11.5 Å². The van der Waals surface area contributed by atoms with Crippen LogP contribution >= 0.6 is 0 Å². The van der Waals surface area contributed by atoms with Crippen molar-refractivity contribution in [2.75, 3.05) is 4.72 Å². The third-order valence-corrected chi connectivity index (χ3v) is 9.93. The van der Waals surface area contributed by atoms with Crippen LogP contribution in [0.1, 0.15) is 11.1 Å². The van der Waals surface area contributed by atoms with Crippen LogP contribution in [0.15, 0.2) is 92.4 Å². The zero-order valence-electron chi connectivity index (χ0n) is 20.6. The minimum absolute atomic E-state index is 0.243. The molecule has 0 bridgehead atoms. The maximum absolute atomic E-state index is 13.2. The second-order valence-corrected chi connectivity index (χ2v) is 14.8. The zero-order chi connectivity index (χ0) is 29.7. The SMILES string of the molecule is Cc1ccc(S(=O)(=O)Nc2cc(S(=O)(=O)O)cc3cc(S(=O)(=O)O)cc(OS(=O)(=O)c4ccc(C)cc4)c23)cc1. The van der Waals surface area contributed by atoms with E-state index in [1.54, 1.807) is 13.8 Å². The molecule has 0 aliphatic rings. The fourth-order valence-electron chi connectivity index (χ4n) is 3.66. The van der Waals surface area contributed by atoms with Crippen LogP contribution < -0.4 is 8.91 Å². The van der Waals surface area contributed by atoms with Crippen LogP contribution in [0.3, 0.4) is 0 Å². The summed E-state index contributed by atoms with van der Waals surface area (Å²) in [5.41, 5.74) is 0.900. The summed E-state index contributed by atoms with van der Waals surface area (Å²) in [5.74, 6) is -0.755. The van der Waals surface area contributed by atoms with Crippen molar-refractivity contribution in [3.8, 4) is 5.75 Å². The number of aryl methyl sites for hydroxylation is 2. The van der Waals surface area contributed by atoms with Crippen LogP contribution in [0.2, 0.25) is 0 Å². The van der Waals surface area contributed by atoms with E-state index in [1.165, 1.54) is 48.5 Å². The summed E-state index contributed by atoms with van der Waals surface area (Å²) in [6.07, 6.45) is 0. The first-order valence-electron chi connectivity index (χ1n) is 11.0. The first-order valence-corrected chi connectivity index (χ1v) is 16.8. The number of anilines is 1. The van der Waals surface area contributed by atoms with Crippen LogP contribution in [0, 0.1) is 13.8 Å². The topological polar surface area (TPSA) is 198 Å². The molecule has 0 atom stereocenters. The van der Waals surface area contributed by atoms with Crippen molar-refractivity contribution in [2.45, 2.75) is 33.4 Å². The maximum Gasteiger partial charge on any atom is 0.339 e. The average molecular weight is 628 g/mol. The predicted molar refractivity (Wildman–Crippen MR) is 145 cm³/mol. The molecule has 0 heterocycles. The fourth-order valence-corrected chi connectivity index (χ4v) is 6.73. The Morgan fingerprint density at radius 2 is 1.05 bits per heavy atom. The Morgan fingerprint density at radius 1 is 0.600 bits per heavy atom. The Bertz CT molecular complexity index is 1920. The minimum atomic E-state index is -5.01. The summed E-state index contributed by atoms with van der Waals surface area (Å²) in [4.78, 5) is -2.33. The van der Waals surface area contributed by atoms with E-state index in [4.69, 9.17) is 4.18 Å². The molecule has 0 spiro atoms. The van der Waals surface area contributed by atoms with E-state index in [9.17, 15) is 42.8 Å². The smallest absolute Gasteiger partial charge is 0.339 e. The third-order valence-electron chi connectivity index (χ3n) is 5.64. The van der Waals surface area contributed by atoms with Crippen LogP contribution in [0.4, 0.5) is 5.69 Å². The van der Waals surface area contributed by atoms with Crippen molar-refractivity contribution in [1.82, 2.24) is 0 Å². The summed E-state index contributed by atoms with van der Waals surface area (Å²) in [6, 6.07) is 13.8. The quantitative estimate of drug-likeness (QED) is 0.191. The molecule has 0 fully saturated rings. The predicted octanol–water partition coefficient (Wildman–Crippen LogP) is 3.52. The number of nitrogens with one attached hydrogen (secondary N) is 1. The highest BCUT2D eigenvalue weighted by Gasteiger charge is 2.26. The van der Waals surface area contributed by atoms with Crippen molar-refractivity contribution in [3.63, 3.8) is 0 Å². The van der Waals surface area contributed by atoms with Gasteiger partial charge in [-0.2, -0.15) is 25.3 Å². The number of fused-ring (bicyclic) bond motifs is 1. The second-order valence-electron chi connectivity index (χ2n) is 8.71. The first kappa shape index (κ1) is 29.4. The van der Waals surface area contributed by atoms with Gasteiger partial charge in [-0.3, -0.25) is 13.8 Å². The van der Waals surface area contributed by atoms with Gasteiger partial charge in [-0.05, 0) is 61.7 Å². The number of sulfonamides is 1. The molecule has 0 saturated heterocycles. The largest absolute Gasteiger partial charge is 0.378 e. The Hall–Kier alpha value is -3.54. The lowest BCUT2D eigenvalue weighted by molar-refractivity contribution is 0.477. The molecule has 0 aromatic heterocycles. The van der Waals surface area contributed by atoms with Gasteiger partial charge < -0.3 is 4.18 Å². The molecule has 0 amide bonds. The van der Waals surface area contributed by atoms with E-state index in [-0.39, 0.29) is 15.2 Å². The summed E-state index contributed by atoms with van der Waals surface area (Å²) in [5, 5.41) is -0.785. The van der Waals surface area contributed by atoms with Crippen molar-refractivity contribution < 1.29 is 47.0 Å². The molecule has 4 aromatic rings. The number of benzene rings is 4. The van der Waals surface area contributed by atoms with E-state index in [2.05, 4.69) is 4.72 Å². The van der Waals surface area contributed by atoms with Gasteiger partial charge in [0.15, 0.2) is 5.75 Å². The monoisotopic (exact) mass is 627 g/mol. The van der Waals surface area contributed by atoms with Gasteiger partial charge in [-0.1, -0.05) is 35.4 Å². The first-order chi connectivity index (χ1) is 18.4. The van der Waals surface area contributed by atoms with Crippen LogP contribution in [-0.2, 0) is 40.4 Å². The summed E-state index contributed by atoms with van der Waals surface area (Å²) < 4.78 is 127. The highest BCUT2D eigenvalue weighted by atomic mass is 32.2. The molecule has 3 N–H and O–H groups in total. The van der Waals surface area contributed by atoms with Gasteiger partial charge in [0.25, 0.3) is 30.3 Å². The fraction of sp³-hybridized carbons (Fsp3) is 0.0833. The molecule has 4 rings (SSSR count). The van der Waals surface area contributed by atoms with Gasteiger partial charge in [-0.25, -0.2) is 8.42 Å². The molecule has 0 radical (unpaired) electrons. The van der Waals surface area contributed by atoms with Crippen molar-refractivity contribution in [1.29, 1.82) is 0 Å². The average Bonchev–Trinajstić information content (AvgIpc) is 2.82. The second kappa shape index (κ2) is 10.1. The molecule has 40 heavy (non-hydrogen) atoms. The molecule has 0 unspecified atom stereocenters. The summed E-state index contributed by atoms with van der Waals surface area (Å²) >= 11 is 0. The number of hydrogen-bond acceptors (Lipinski definition) is 9. The van der Waals surface area contributed by atoms with Gasteiger partial charge in [0.1, 0.15) is 4.90 Å².